The van der Waals surface area contributed by atoms with E-state index < -0.39 is 11.5 Å². The van der Waals surface area contributed by atoms with Crippen molar-refractivity contribution in [3.8, 4) is 0 Å². The molecule has 0 saturated heterocycles. The minimum Gasteiger partial charge on any atom is -0.422 e. The maximum atomic E-state index is 12.6. The van der Waals surface area contributed by atoms with Gasteiger partial charge in [0.1, 0.15) is 11.1 Å². The molecule has 1 N–H and O–H groups in total. The third kappa shape index (κ3) is 4.26. The second-order valence-electron chi connectivity index (χ2n) is 6.77. The van der Waals surface area contributed by atoms with Crippen molar-refractivity contribution >= 4 is 16.9 Å². The number of carbonyl (C=O) groups is 1. The van der Waals surface area contributed by atoms with Crippen LogP contribution in [0.2, 0.25) is 0 Å². The second-order valence-corrected chi connectivity index (χ2v) is 6.77. The van der Waals surface area contributed by atoms with Gasteiger partial charge in [-0.05, 0) is 43.8 Å². The fraction of sp³-hybridized carbons (Fsp3) is 0.273. The van der Waals surface area contributed by atoms with Crippen molar-refractivity contribution in [2.24, 2.45) is 0 Å². The zero-order valence-electron chi connectivity index (χ0n) is 15.9. The van der Waals surface area contributed by atoms with Crippen LogP contribution in [0.15, 0.2) is 63.8 Å². The number of hydrogen-bond donors (Lipinski definition) is 1. The van der Waals surface area contributed by atoms with Crippen molar-refractivity contribution in [2.45, 2.75) is 19.4 Å². The number of rotatable bonds is 6. The molecule has 27 heavy (non-hydrogen) atoms. The van der Waals surface area contributed by atoms with E-state index in [0.29, 0.717) is 12.1 Å². The Hall–Kier alpha value is -2.92. The Bertz CT molecular complexity index is 990. The average molecular weight is 364 g/mol. The van der Waals surface area contributed by atoms with Gasteiger partial charge in [-0.2, -0.15) is 0 Å². The third-order valence-electron chi connectivity index (χ3n) is 4.74. The van der Waals surface area contributed by atoms with Crippen LogP contribution in [0.3, 0.4) is 0 Å². The number of benzene rings is 2. The first-order valence-electron chi connectivity index (χ1n) is 9.06. The van der Waals surface area contributed by atoms with Gasteiger partial charge in [-0.15, -0.1) is 0 Å². The Morgan fingerprint density at radius 2 is 1.81 bits per heavy atom. The highest BCUT2D eigenvalue weighted by molar-refractivity contribution is 5.96. The number of nitrogens with zero attached hydrogens (tertiary/aromatic N) is 1. The van der Waals surface area contributed by atoms with Crippen LogP contribution in [0.25, 0.3) is 11.0 Å². The molecule has 0 bridgehead atoms. The van der Waals surface area contributed by atoms with Gasteiger partial charge in [-0.25, -0.2) is 4.79 Å². The first kappa shape index (κ1) is 18.9. The molecule has 5 nitrogen and oxygen atoms in total. The van der Waals surface area contributed by atoms with Crippen LogP contribution >= 0.6 is 0 Å². The molecule has 5 heteroatoms. The summed E-state index contributed by atoms with van der Waals surface area (Å²) in [6.45, 7) is 2.51. The molecule has 0 radical (unpaired) electrons. The van der Waals surface area contributed by atoms with Crippen molar-refractivity contribution in [1.82, 2.24) is 10.2 Å². The summed E-state index contributed by atoms with van der Waals surface area (Å²) in [6.07, 6.45) is 0.987. The maximum Gasteiger partial charge on any atom is 0.349 e. The number of carbonyl (C=O) groups excluding carboxylic acids is 1. The number of aryl methyl sites for hydroxylation is 1. The Labute approximate surface area is 158 Å². The van der Waals surface area contributed by atoms with E-state index >= 15 is 0 Å². The Kier molecular flexibility index (Phi) is 5.72. The summed E-state index contributed by atoms with van der Waals surface area (Å²) < 4.78 is 5.25. The van der Waals surface area contributed by atoms with Gasteiger partial charge in [0.05, 0.1) is 6.04 Å². The van der Waals surface area contributed by atoms with E-state index in [2.05, 4.69) is 36.5 Å². The van der Waals surface area contributed by atoms with Crippen LogP contribution in [0.1, 0.15) is 34.5 Å². The first-order valence-corrected chi connectivity index (χ1v) is 9.06. The summed E-state index contributed by atoms with van der Waals surface area (Å²) >= 11 is 0. The van der Waals surface area contributed by atoms with E-state index in [0.717, 1.165) is 17.4 Å². The standard InChI is InChI=1S/C22H24N2O3/c1-4-15-9-11-16(12-10-15)19(24(2)3)14-23-21(25)18-13-17-7-5-6-8-20(17)27-22(18)26/h5-13,19H,4,14H2,1-3H3,(H,23,25). The van der Waals surface area contributed by atoms with Crippen molar-refractivity contribution in [1.29, 1.82) is 0 Å². The van der Waals surface area contributed by atoms with E-state index in [9.17, 15) is 9.59 Å². The van der Waals surface area contributed by atoms with E-state index in [1.807, 2.05) is 31.1 Å². The molecule has 3 rings (SSSR count). The molecule has 1 aromatic heterocycles. The molecule has 140 valence electrons. The van der Waals surface area contributed by atoms with Crippen molar-refractivity contribution in [2.75, 3.05) is 20.6 Å². The van der Waals surface area contributed by atoms with Crippen molar-refractivity contribution in [3.05, 3.63) is 81.7 Å². The van der Waals surface area contributed by atoms with Crippen LogP contribution in [-0.2, 0) is 6.42 Å². The maximum absolute atomic E-state index is 12.6. The van der Waals surface area contributed by atoms with Crippen LogP contribution in [0, 0.1) is 0 Å². The number of para-hydroxylation sites is 1. The van der Waals surface area contributed by atoms with Gasteiger partial charge < -0.3 is 14.6 Å². The topological polar surface area (TPSA) is 62.6 Å². The van der Waals surface area contributed by atoms with E-state index in [4.69, 9.17) is 4.42 Å². The lowest BCUT2D eigenvalue weighted by atomic mass is 10.0. The highest BCUT2D eigenvalue weighted by atomic mass is 16.4. The molecule has 0 aliphatic rings. The van der Waals surface area contributed by atoms with Crippen molar-refractivity contribution in [3.63, 3.8) is 0 Å². The lowest BCUT2D eigenvalue weighted by Gasteiger charge is -2.25. The van der Waals surface area contributed by atoms with Gasteiger partial charge in [-0.1, -0.05) is 49.4 Å². The van der Waals surface area contributed by atoms with Gasteiger partial charge in [0.2, 0.25) is 0 Å². The van der Waals surface area contributed by atoms with E-state index in [-0.39, 0.29) is 11.6 Å². The number of hydrogen-bond acceptors (Lipinski definition) is 4. The molecule has 2 aromatic carbocycles. The predicted molar refractivity (Wildman–Crippen MR) is 107 cm³/mol. The predicted octanol–water partition coefficient (Wildman–Crippen LogP) is 3.39. The molecular weight excluding hydrogens is 340 g/mol. The number of likely N-dealkylation sites (N-methyl/N-ethyl adjacent to an activating group) is 1. The SMILES string of the molecule is CCc1ccc(C(CNC(=O)c2cc3ccccc3oc2=O)N(C)C)cc1. The normalized spacial score (nSPS) is 12.3. The molecular formula is C22H24N2O3. The summed E-state index contributed by atoms with van der Waals surface area (Å²) in [5, 5.41) is 3.60. The number of fused-ring (bicyclic) bond motifs is 1. The fourth-order valence-electron chi connectivity index (χ4n) is 3.08. The second kappa shape index (κ2) is 8.18. The summed E-state index contributed by atoms with van der Waals surface area (Å²) in [7, 11) is 3.93. The molecule has 0 saturated carbocycles. The van der Waals surface area contributed by atoms with Gasteiger partial charge in [0.15, 0.2) is 0 Å². The molecule has 1 unspecified atom stereocenters. The van der Waals surface area contributed by atoms with Gasteiger partial charge in [0, 0.05) is 11.9 Å². The molecule has 0 fully saturated rings. The lowest BCUT2D eigenvalue weighted by Crippen LogP contribution is -2.36. The lowest BCUT2D eigenvalue weighted by molar-refractivity contribution is 0.0938. The minimum absolute atomic E-state index is 0.00681. The minimum atomic E-state index is -0.625. The highest BCUT2D eigenvalue weighted by Crippen LogP contribution is 2.19. The van der Waals surface area contributed by atoms with E-state index in [1.54, 1.807) is 18.2 Å². The van der Waals surface area contributed by atoms with Crippen LogP contribution < -0.4 is 10.9 Å². The van der Waals surface area contributed by atoms with Crippen LogP contribution in [0.5, 0.6) is 0 Å². The summed E-state index contributed by atoms with van der Waals surface area (Å²) in [5.74, 6) is -0.425. The average Bonchev–Trinajstić information content (AvgIpc) is 2.67. The third-order valence-corrected chi connectivity index (χ3v) is 4.74. The summed E-state index contributed by atoms with van der Waals surface area (Å²) in [4.78, 5) is 26.8. The van der Waals surface area contributed by atoms with Gasteiger partial charge in [0.25, 0.3) is 5.91 Å². The molecule has 1 heterocycles. The van der Waals surface area contributed by atoms with Crippen LogP contribution in [0.4, 0.5) is 0 Å². The molecule has 0 aliphatic carbocycles. The summed E-state index contributed by atoms with van der Waals surface area (Å²) in [5.41, 5.74) is 2.26. The molecule has 3 aromatic rings. The van der Waals surface area contributed by atoms with Crippen LogP contribution in [-0.4, -0.2) is 31.4 Å². The van der Waals surface area contributed by atoms with Gasteiger partial charge in [-0.3, -0.25) is 4.79 Å². The smallest absolute Gasteiger partial charge is 0.349 e. The zero-order chi connectivity index (χ0) is 19.4. The largest absolute Gasteiger partial charge is 0.422 e. The number of amides is 1. The van der Waals surface area contributed by atoms with Gasteiger partial charge >= 0.3 is 5.63 Å². The van der Waals surface area contributed by atoms with E-state index in [1.165, 1.54) is 5.56 Å². The molecule has 1 amide bonds. The molecule has 0 spiro atoms. The quantitative estimate of drug-likeness (QED) is 0.681. The molecule has 1 atom stereocenters. The highest BCUT2D eigenvalue weighted by Gasteiger charge is 2.18. The Morgan fingerprint density at radius 3 is 2.48 bits per heavy atom. The Morgan fingerprint density at radius 1 is 1.11 bits per heavy atom. The zero-order valence-corrected chi connectivity index (χ0v) is 15.9. The Balaban J connectivity index is 1.78. The fourth-order valence-corrected chi connectivity index (χ4v) is 3.08. The molecule has 0 aliphatic heterocycles. The monoisotopic (exact) mass is 364 g/mol. The summed E-state index contributed by atoms with van der Waals surface area (Å²) in [6, 6.07) is 17.1. The number of nitrogens with one attached hydrogen (secondary N) is 1. The first-order chi connectivity index (χ1) is 13.0. The van der Waals surface area contributed by atoms with Crippen molar-refractivity contribution < 1.29 is 9.21 Å².